The lowest BCUT2D eigenvalue weighted by Crippen LogP contribution is -2.36. The summed E-state index contributed by atoms with van der Waals surface area (Å²) in [5.74, 6) is 0.739. The van der Waals surface area contributed by atoms with Crippen molar-refractivity contribution in [1.29, 1.82) is 0 Å². The molecule has 164 valence electrons. The van der Waals surface area contributed by atoms with E-state index in [9.17, 15) is 4.79 Å². The molecule has 5 nitrogen and oxygen atoms in total. The van der Waals surface area contributed by atoms with Crippen molar-refractivity contribution in [2.75, 3.05) is 0 Å². The van der Waals surface area contributed by atoms with E-state index in [4.69, 9.17) is 16.0 Å². The Balaban J connectivity index is 1.68. The van der Waals surface area contributed by atoms with Gasteiger partial charge in [-0.25, -0.2) is 4.98 Å². The standard InChI is InChI=1S/C25H30ClN3O2/c1-17(2)19(4)29(14-20-10-12-22(26)13-11-20)15-24-28-23(16-31-24)25(30)27-18(3)21-8-6-5-7-9-21/h5-13,16-19H,14-15H2,1-4H3,(H,27,30). The van der Waals surface area contributed by atoms with Gasteiger partial charge in [-0.1, -0.05) is 67.9 Å². The first-order valence-corrected chi connectivity index (χ1v) is 11.0. The van der Waals surface area contributed by atoms with Gasteiger partial charge in [-0.05, 0) is 43.0 Å². The molecule has 31 heavy (non-hydrogen) atoms. The van der Waals surface area contributed by atoms with E-state index in [0.717, 1.165) is 22.7 Å². The number of carbonyl (C=O) groups is 1. The third kappa shape index (κ3) is 6.42. The number of benzene rings is 2. The van der Waals surface area contributed by atoms with Crippen molar-refractivity contribution in [2.45, 2.75) is 52.9 Å². The zero-order valence-electron chi connectivity index (χ0n) is 18.5. The summed E-state index contributed by atoms with van der Waals surface area (Å²) in [5.41, 5.74) is 2.50. The molecule has 3 rings (SSSR count). The highest BCUT2D eigenvalue weighted by molar-refractivity contribution is 6.30. The molecule has 0 bridgehead atoms. The van der Waals surface area contributed by atoms with Crippen LogP contribution >= 0.6 is 11.6 Å². The monoisotopic (exact) mass is 439 g/mol. The summed E-state index contributed by atoms with van der Waals surface area (Å²) in [6.45, 7) is 9.79. The highest BCUT2D eigenvalue weighted by Crippen LogP contribution is 2.20. The Morgan fingerprint density at radius 3 is 2.35 bits per heavy atom. The van der Waals surface area contributed by atoms with E-state index in [0.29, 0.717) is 30.1 Å². The van der Waals surface area contributed by atoms with E-state index >= 15 is 0 Å². The maximum absolute atomic E-state index is 12.6. The maximum Gasteiger partial charge on any atom is 0.273 e. The molecule has 1 aromatic heterocycles. The van der Waals surface area contributed by atoms with Crippen molar-refractivity contribution < 1.29 is 9.21 Å². The zero-order valence-corrected chi connectivity index (χ0v) is 19.3. The molecule has 2 unspecified atom stereocenters. The molecule has 0 aliphatic rings. The number of hydrogen-bond acceptors (Lipinski definition) is 4. The fourth-order valence-electron chi connectivity index (χ4n) is 3.35. The summed E-state index contributed by atoms with van der Waals surface area (Å²) in [4.78, 5) is 19.4. The lowest BCUT2D eigenvalue weighted by atomic mass is 10.0. The number of carbonyl (C=O) groups excluding carboxylic acids is 1. The number of oxazole rings is 1. The van der Waals surface area contributed by atoms with Crippen LogP contribution in [-0.4, -0.2) is 21.8 Å². The summed E-state index contributed by atoms with van der Waals surface area (Å²) < 4.78 is 5.66. The minimum Gasteiger partial charge on any atom is -0.447 e. The molecule has 1 heterocycles. The molecule has 6 heteroatoms. The van der Waals surface area contributed by atoms with Crippen LogP contribution in [0.3, 0.4) is 0 Å². The topological polar surface area (TPSA) is 58.4 Å². The largest absolute Gasteiger partial charge is 0.447 e. The van der Waals surface area contributed by atoms with Crippen molar-refractivity contribution >= 4 is 17.5 Å². The number of rotatable bonds is 9. The Morgan fingerprint density at radius 1 is 1.03 bits per heavy atom. The highest BCUT2D eigenvalue weighted by atomic mass is 35.5. The van der Waals surface area contributed by atoms with E-state index in [1.165, 1.54) is 6.26 Å². The number of halogens is 1. The SMILES string of the molecule is CC(NC(=O)c1coc(CN(Cc2ccc(Cl)cc2)C(C)C(C)C)n1)c1ccccc1. The molecule has 1 N–H and O–H groups in total. The van der Waals surface area contributed by atoms with Crippen LogP contribution in [0.5, 0.6) is 0 Å². The van der Waals surface area contributed by atoms with Crippen molar-refractivity contribution in [3.63, 3.8) is 0 Å². The first-order valence-electron chi connectivity index (χ1n) is 10.6. The van der Waals surface area contributed by atoms with E-state index in [1.54, 1.807) is 0 Å². The Kier molecular flexibility index (Phi) is 7.88. The van der Waals surface area contributed by atoms with Crippen LogP contribution in [-0.2, 0) is 13.1 Å². The fourth-order valence-corrected chi connectivity index (χ4v) is 3.47. The van der Waals surface area contributed by atoms with Gasteiger partial charge < -0.3 is 9.73 Å². The van der Waals surface area contributed by atoms with E-state index in [2.05, 4.69) is 36.0 Å². The van der Waals surface area contributed by atoms with Gasteiger partial charge in [0.1, 0.15) is 6.26 Å². The molecule has 2 aromatic carbocycles. The molecular formula is C25H30ClN3O2. The third-order valence-electron chi connectivity index (χ3n) is 5.61. The number of hydrogen-bond donors (Lipinski definition) is 1. The van der Waals surface area contributed by atoms with E-state index in [-0.39, 0.29) is 11.9 Å². The Morgan fingerprint density at radius 2 is 1.71 bits per heavy atom. The van der Waals surface area contributed by atoms with Crippen molar-refractivity contribution in [3.05, 3.63) is 88.6 Å². The Hall–Kier alpha value is -2.63. The molecular weight excluding hydrogens is 410 g/mol. The number of nitrogens with zero attached hydrogens (tertiary/aromatic N) is 2. The summed E-state index contributed by atoms with van der Waals surface area (Å²) in [6.07, 6.45) is 1.43. The van der Waals surface area contributed by atoms with Crippen LogP contribution in [0.15, 0.2) is 65.3 Å². The summed E-state index contributed by atoms with van der Waals surface area (Å²) in [5, 5.41) is 3.70. The normalized spacial score (nSPS) is 13.4. The molecule has 1 amide bonds. The highest BCUT2D eigenvalue weighted by Gasteiger charge is 2.22. The van der Waals surface area contributed by atoms with E-state index in [1.807, 2.05) is 61.5 Å². The average Bonchev–Trinajstić information content (AvgIpc) is 3.23. The summed E-state index contributed by atoms with van der Waals surface area (Å²) >= 11 is 6.02. The van der Waals surface area contributed by atoms with Crippen LogP contribution in [0.25, 0.3) is 0 Å². The first-order chi connectivity index (χ1) is 14.8. The van der Waals surface area contributed by atoms with Gasteiger partial charge in [0.05, 0.1) is 12.6 Å². The molecule has 0 saturated carbocycles. The molecule has 0 aliphatic carbocycles. The lowest BCUT2D eigenvalue weighted by Gasteiger charge is -2.30. The van der Waals surface area contributed by atoms with Crippen LogP contribution < -0.4 is 5.32 Å². The van der Waals surface area contributed by atoms with Crippen LogP contribution in [0.4, 0.5) is 0 Å². The Labute approximate surface area is 189 Å². The summed E-state index contributed by atoms with van der Waals surface area (Å²) in [7, 11) is 0. The van der Waals surface area contributed by atoms with Crippen molar-refractivity contribution in [2.24, 2.45) is 5.92 Å². The van der Waals surface area contributed by atoms with Gasteiger partial charge in [0.15, 0.2) is 5.69 Å². The molecule has 2 atom stereocenters. The zero-order chi connectivity index (χ0) is 22.4. The minimum absolute atomic E-state index is 0.115. The fraction of sp³-hybridized carbons (Fsp3) is 0.360. The second kappa shape index (κ2) is 10.6. The average molecular weight is 440 g/mol. The minimum atomic E-state index is -0.243. The molecule has 3 aromatic rings. The first kappa shape index (κ1) is 23.0. The van der Waals surface area contributed by atoms with E-state index < -0.39 is 0 Å². The molecule has 0 aliphatic heterocycles. The van der Waals surface area contributed by atoms with Crippen molar-refractivity contribution in [3.8, 4) is 0 Å². The molecule has 0 fully saturated rings. The van der Waals surface area contributed by atoms with Gasteiger partial charge in [-0.15, -0.1) is 0 Å². The van der Waals surface area contributed by atoms with Crippen molar-refractivity contribution in [1.82, 2.24) is 15.2 Å². The maximum atomic E-state index is 12.6. The molecule has 0 radical (unpaired) electrons. The summed E-state index contributed by atoms with van der Waals surface area (Å²) in [6, 6.07) is 17.9. The number of nitrogens with one attached hydrogen (secondary N) is 1. The number of amides is 1. The molecule has 0 spiro atoms. The third-order valence-corrected chi connectivity index (χ3v) is 5.86. The van der Waals surface area contributed by atoms with Gasteiger partial charge in [0.25, 0.3) is 5.91 Å². The van der Waals surface area contributed by atoms with Crippen LogP contribution in [0.1, 0.15) is 61.2 Å². The van der Waals surface area contributed by atoms with Gasteiger partial charge in [-0.2, -0.15) is 0 Å². The predicted molar refractivity (Wildman–Crippen MR) is 124 cm³/mol. The number of aromatic nitrogens is 1. The quantitative estimate of drug-likeness (QED) is 0.453. The molecule has 0 saturated heterocycles. The van der Waals surface area contributed by atoms with Crippen LogP contribution in [0, 0.1) is 5.92 Å². The second-order valence-corrected chi connectivity index (χ2v) is 8.68. The van der Waals surface area contributed by atoms with Crippen LogP contribution in [0.2, 0.25) is 5.02 Å². The van der Waals surface area contributed by atoms with Gasteiger partial charge >= 0.3 is 0 Å². The lowest BCUT2D eigenvalue weighted by molar-refractivity contribution is 0.0934. The Bertz CT molecular complexity index is 970. The van der Waals surface area contributed by atoms with Gasteiger partial charge in [0.2, 0.25) is 5.89 Å². The van der Waals surface area contributed by atoms with Gasteiger partial charge in [-0.3, -0.25) is 9.69 Å². The second-order valence-electron chi connectivity index (χ2n) is 8.25. The smallest absolute Gasteiger partial charge is 0.273 e. The van der Waals surface area contributed by atoms with Gasteiger partial charge in [0, 0.05) is 17.6 Å². The predicted octanol–water partition coefficient (Wildman–Crippen LogP) is 5.87.